The quantitative estimate of drug-likeness (QED) is 0.0222. The zero-order valence-electron chi connectivity index (χ0n) is 51.7. The highest BCUT2D eigenvalue weighted by Crippen LogP contribution is 2.45. The Hall–Kier alpha value is -1.94. The third kappa shape index (κ3) is 56.9. The molecule has 0 aromatic carbocycles. The van der Waals surface area contributed by atoms with Crippen LogP contribution in [0.25, 0.3) is 0 Å². The predicted octanol–water partition coefficient (Wildman–Crippen LogP) is 17.2. The van der Waals surface area contributed by atoms with E-state index in [4.69, 9.17) is 37.0 Å². The fourth-order valence-electron chi connectivity index (χ4n) is 9.28. The van der Waals surface area contributed by atoms with Crippen molar-refractivity contribution in [2.24, 2.45) is 0 Å². The van der Waals surface area contributed by atoms with Gasteiger partial charge in [-0.05, 0) is 25.7 Å². The van der Waals surface area contributed by atoms with Crippen molar-refractivity contribution in [3.63, 3.8) is 0 Å². The summed E-state index contributed by atoms with van der Waals surface area (Å²) in [6, 6.07) is 0. The first-order valence-electron chi connectivity index (χ1n) is 32.8. The van der Waals surface area contributed by atoms with Crippen LogP contribution in [0.15, 0.2) is 0 Å². The third-order valence-electron chi connectivity index (χ3n) is 14.4. The molecule has 0 spiro atoms. The Morgan fingerprint density at radius 2 is 0.494 bits per heavy atom. The summed E-state index contributed by atoms with van der Waals surface area (Å²) < 4.78 is 67.8. The molecule has 0 amide bonds. The van der Waals surface area contributed by atoms with Gasteiger partial charge in [0, 0.05) is 25.7 Å². The number of unbranched alkanes of at least 4 members (excludes halogenated alkanes) is 37. The number of phosphoric ester groups is 2. The molecule has 5 atom stereocenters. The molecule has 0 heterocycles. The van der Waals surface area contributed by atoms with E-state index in [-0.39, 0.29) is 25.7 Å². The van der Waals surface area contributed by atoms with Crippen molar-refractivity contribution in [1.82, 2.24) is 0 Å². The lowest BCUT2D eigenvalue weighted by Gasteiger charge is -2.21. The lowest BCUT2D eigenvalue weighted by Crippen LogP contribution is -2.30. The molecule has 0 aliphatic rings. The summed E-state index contributed by atoms with van der Waals surface area (Å²) in [6.07, 6.45) is 41.6. The number of hydrogen-bond acceptors (Lipinski definition) is 15. The minimum absolute atomic E-state index is 0.106. The third-order valence-corrected chi connectivity index (χ3v) is 16.3. The molecule has 0 radical (unpaired) electrons. The van der Waals surface area contributed by atoms with Crippen LogP contribution >= 0.6 is 15.6 Å². The van der Waals surface area contributed by atoms with Crippen LogP contribution in [0.4, 0.5) is 0 Å². The molecular formula is C62H120O17P2. The molecule has 0 aromatic heterocycles. The number of ether oxygens (including phenoxy) is 4. The topological polar surface area (TPSA) is 237 Å². The Balaban J connectivity index is 5.20. The smallest absolute Gasteiger partial charge is 0.462 e. The molecule has 0 rings (SSSR count). The molecule has 19 heteroatoms. The number of carbonyl (C=O) groups excluding carboxylic acids is 4. The van der Waals surface area contributed by atoms with E-state index in [1.54, 1.807) is 0 Å². The normalized spacial score (nSPS) is 14.2. The van der Waals surface area contributed by atoms with Crippen molar-refractivity contribution in [2.75, 3.05) is 39.6 Å². The lowest BCUT2D eigenvalue weighted by molar-refractivity contribution is -0.161. The molecule has 0 fully saturated rings. The summed E-state index contributed by atoms with van der Waals surface area (Å²) >= 11 is 0. The molecule has 2 unspecified atom stereocenters. The summed E-state index contributed by atoms with van der Waals surface area (Å²) in [5.74, 6) is -2.14. The van der Waals surface area contributed by atoms with Gasteiger partial charge in [0.15, 0.2) is 12.2 Å². The highest BCUT2D eigenvalue weighted by Gasteiger charge is 2.30. The zero-order valence-corrected chi connectivity index (χ0v) is 53.5. The van der Waals surface area contributed by atoms with Gasteiger partial charge in [-0.25, -0.2) is 9.13 Å². The maximum Gasteiger partial charge on any atom is 0.472 e. The summed E-state index contributed by atoms with van der Waals surface area (Å²) in [7, 11) is -9.87. The zero-order chi connectivity index (χ0) is 59.8. The van der Waals surface area contributed by atoms with Crippen LogP contribution < -0.4 is 0 Å². The molecule has 0 saturated heterocycles. The molecule has 0 aliphatic carbocycles. The molecule has 17 nitrogen and oxygen atoms in total. The van der Waals surface area contributed by atoms with E-state index < -0.39 is 97.5 Å². The molecule has 0 aromatic rings. The van der Waals surface area contributed by atoms with Crippen LogP contribution in [-0.4, -0.2) is 96.7 Å². The monoisotopic (exact) mass is 1200 g/mol. The first kappa shape index (κ1) is 79.1. The van der Waals surface area contributed by atoms with E-state index in [0.717, 1.165) is 89.9 Å². The minimum atomic E-state index is -4.94. The Morgan fingerprint density at radius 3 is 0.728 bits per heavy atom. The average Bonchev–Trinajstić information content (AvgIpc) is 3.44. The summed E-state index contributed by atoms with van der Waals surface area (Å²) in [5, 5.41) is 10.5. The highest BCUT2D eigenvalue weighted by molar-refractivity contribution is 7.47. The first-order chi connectivity index (χ1) is 39.2. The molecular weight excluding hydrogens is 1080 g/mol. The van der Waals surface area contributed by atoms with E-state index in [9.17, 15) is 43.2 Å². The van der Waals surface area contributed by atoms with Crippen LogP contribution in [0.3, 0.4) is 0 Å². The molecule has 0 bridgehead atoms. The summed E-state index contributed by atoms with van der Waals surface area (Å²) in [5.41, 5.74) is 0. The van der Waals surface area contributed by atoms with Crippen LogP contribution in [0.2, 0.25) is 0 Å². The van der Waals surface area contributed by atoms with E-state index in [2.05, 4.69) is 27.7 Å². The van der Waals surface area contributed by atoms with E-state index in [0.29, 0.717) is 25.7 Å². The lowest BCUT2D eigenvalue weighted by atomic mass is 10.0. The van der Waals surface area contributed by atoms with E-state index in [1.807, 2.05) is 0 Å². The van der Waals surface area contributed by atoms with Gasteiger partial charge in [0.05, 0.1) is 26.4 Å². The van der Waals surface area contributed by atoms with Gasteiger partial charge in [-0.1, -0.05) is 265 Å². The Kier molecular flexibility index (Phi) is 55.8. The highest BCUT2D eigenvalue weighted by atomic mass is 31.2. The Morgan fingerprint density at radius 1 is 0.296 bits per heavy atom. The number of aliphatic hydroxyl groups is 1. The van der Waals surface area contributed by atoms with Crippen LogP contribution in [-0.2, 0) is 65.4 Å². The second-order valence-electron chi connectivity index (χ2n) is 22.4. The minimum Gasteiger partial charge on any atom is -0.462 e. The number of hydrogen-bond donors (Lipinski definition) is 3. The molecule has 0 saturated carbocycles. The molecule has 3 N–H and O–H groups in total. The number of aliphatic hydroxyl groups excluding tert-OH is 1. The summed E-state index contributed by atoms with van der Waals surface area (Å²) in [6.45, 7) is 4.84. The second kappa shape index (κ2) is 57.2. The Labute approximate surface area is 492 Å². The number of rotatable bonds is 63. The standard InChI is InChI=1S/C62H120O17P2/c1-5-9-13-17-21-25-26-27-28-29-33-37-41-45-49-62(67)79-58(53-73-60(65)47-43-39-35-31-23-19-15-11-7-3)55-77-81(70,71)75-51-56(63)50-74-80(68,69)76-54-57(78-61(66)48-44-40-36-32-24-20-16-12-8-4)52-72-59(64)46-42-38-34-30-22-18-14-10-6-2/h56-58,63H,5-55H2,1-4H3,(H,68,69)(H,70,71)/t56-,57+,58+/m0/s1. The van der Waals surface area contributed by atoms with Gasteiger partial charge in [-0.15, -0.1) is 0 Å². The predicted molar refractivity (Wildman–Crippen MR) is 322 cm³/mol. The SMILES string of the molecule is CCCCCCCCCCCCCCCCC(=O)O[C@H](COC(=O)CCCCCCCCCCC)COP(=O)(O)OC[C@@H](O)COP(=O)(O)OC[C@@H](COC(=O)CCCCCCCCCCC)OC(=O)CCCCCCCCCCC. The van der Waals surface area contributed by atoms with Gasteiger partial charge in [-0.3, -0.25) is 37.3 Å². The van der Waals surface area contributed by atoms with Gasteiger partial charge >= 0.3 is 39.5 Å². The maximum atomic E-state index is 12.9. The van der Waals surface area contributed by atoms with Gasteiger partial charge in [0.2, 0.25) is 0 Å². The van der Waals surface area contributed by atoms with Crippen molar-refractivity contribution in [2.45, 2.75) is 335 Å². The fraction of sp³-hybridized carbons (Fsp3) is 0.935. The number of carbonyl (C=O) groups is 4. The van der Waals surface area contributed by atoms with Crippen LogP contribution in [0, 0.1) is 0 Å². The van der Waals surface area contributed by atoms with Gasteiger partial charge in [-0.2, -0.15) is 0 Å². The van der Waals surface area contributed by atoms with Gasteiger partial charge < -0.3 is 33.8 Å². The molecule has 480 valence electrons. The van der Waals surface area contributed by atoms with Crippen LogP contribution in [0.5, 0.6) is 0 Å². The maximum absolute atomic E-state index is 12.9. The molecule has 81 heavy (non-hydrogen) atoms. The van der Waals surface area contributed by atoms with Crippen molar-refractivity contribution in [3.8, 4) is 0 Å². The largest absolute Gasteiger partial charge is 0.472 e. The average molecular weight is 1200 g/mol. The number of esters is 4. The second-order valence-corrected chi connectivity index (χ2v) is 25.4. The summed E-state index contributed by atoms with van der Waals surface area (Å²) in [4.78, 5) is 72.0. The van der Waals surface area contributed by atoms with Gasteiger partial charge in [0.25, 0.3) is 0 Å². The number of phosphoric acid groups is 2. The van der Waals surface area contributed by atoms with Crippen molar-refractivity contribution < 1.29 is 80.2 Å². The van der Waals surface area contributed by atoms with E-state index >= 15 is 0 Å². The fourth-order valence-corrected chi connectivity index (χ4v) is 10.9. The molecule has 0 aliphatic heterocycles. The van der Waals surface area contributed by atoms with Gasteiger partial charge in [0.1, 0.15) is 19.3 Å². The van der Waals surface area contributed by atoms with Crippen molar-refractivity contribution >= 4 is 39.5 Å². The van der Waals surface area contributed by atoms with Crippen LogP contribution in [0.1, 0.15) is 317 Å². The Bertz CT molecular complexity index is 1570. The first-order valence-corrected chi connectivity index (χ1v) is 35.8. The van der Waals surface area contributed by atoms with Crippen molar-refractivity contribution in [3.05, 3.63) is 0 Å². The van der Waals surface area contributed by atoms with E-state index in [1.165, 1.54) is 148 Å². The van der Waals surface area contributed by atoms with Crippen molar-refractivity contribution in [1.29, 1.82) is 0 Å².